The Morgan fingerprint density at radius 2 is 1.73 bits per heavy atom. The van der Waals surface area contributed by atoms with E-state index in [2.05, 4.69) is 0 Å². The average Bonchev–Trinajstić information content (AvgIpc) is 2.25. The highest BCUT2D eigenvalue weighted by Crippen LogP contribution is 2.25. The van der Waals surface area contributed by atoms with E-state index in [9.17, 15) is 14.4 Å². The van der Waals surface area contributed by atoms with E-state index in [1.807, 2.05) is 5.32 Å². The number of rotatable bonds is 1. The average molecular weight is 237 g/mol. The molecule has 0 unspecified atom stereocenters. The van der Waals surface area contributed by atoms with Crippen molar-refractivity contribution in [1.29, 1.82) is 0 Å². The fourth-order valence-corrected chi connectivity index (χ4v) is 0.673. The van der Waals surface area contributed by atoms with Crippen LogP contribution in [0.4, 0.5) is 0 Å². The molecule has 0 radical (unpaired) electrons. The molecule has 0 bridgehead atoms. The molecule has 0 saturated carbocycles. The van der Waals surface area contributed by atoms with Gasteiger partial charge in [-0.1, -0.05) is 0 Å². The molecule has 0 atom stereocenters. The van der Waals surface area contributed by atoms with Crippen LogP contribution in [-0.2, 0) is 18.9 Å². The SMILES string of the molecule is CC(=O)C1=CC(=O)NC1=O.O=P(O)(O)O. The summed E-state index contributed by atoms with van der Waals surface area (Å²) >= 11 is 0. The van der Waals surface area contributed by atoms with Gasteiger partial charge in [-0.05, 0) is 6.92 Å². The highest BCUT2D eigenvalue weighted by Gasteiger charge is 2.23. The van der Waals surface area contributed by atoms with Crippen LogP contribution in [0.5, 0.6) is 0 Å². The topological polar surface area (TPSA) is 141 Å². The molecule has 0 fully saturated rings. The first-order chi connectivity index (χ1) is 6.61. The number of imide groups is 1. The zero-order chi connectivity index (χ0) is 12.2. The second-order valence-electron chi connectivity index (χ2n) is 2.45. The van der Waals surface area contributed by atoms with Crippen molar-refractivity contribution in [1.82, 2.24) is 5.32 Å². The molecule has 8 nitrogen and oxygen atoms in total. The Labute approximate surface area is 83.8 Å². The van der Waals surface area contributed by atoms with Gasteiger partial charge in [0.05, 0.1) is 5.57 Å². The third-order valence-corrected chi connectivity index (χ3v) is 1.14. The summed E-state index contributed by atoms with van der Waals surface area (Å²) in [6, 6.07) is 0. The third kappa shape index (κ3) is 6.69. The van der Waals surface area contributed by atoms with Crippen LogP contribution in [0.25, 0.3) is 0 Å². The molecule has 0 aromatic carbocycles. The van der Waals surface area contributed by atoms with Crippen molar-refractivity contribution in [2.24, 2.45) is 0 Å². The van der Waals surface area contributed by atoms with Crippen molar-refractivity contribution in [3.05, 3.63) is 11.6 Å². The Morgan fingerprint density at radius 3 is 1.87 bits per heavy atom. The van der Waals surface area contributed by atoms with Gasteiger partial charge in [0.15, 0.2) is 5.78 Å². The first kappa shape index (κ1) is 13.7. The van der Waals surface area contributed by atoms with Crippen molar-refractivity contribution in [3.63, 3.8) is 0 Å². The number of hydrogen-bond donors (Lipinski definition) is 4. The first-order valence-corrected chi connectivity index (χ1v) is 5.04. The molecule has 1 heterocycles. The normalized spacial score (nSPS) is 15.1. The number of phosphoric acid groups is 1. The highest BCUT2D eigenvalue weighted by molar-refractivity contribution is 7.45. The number of nitrogens with one attached hydrogen (secondary N) is 1. The number of ketones is 1. The van der Waals surface area contributed by atoms with E-state index >= 15 is 0 Å². The van der Waals surface area contributed by atoms with Gasteiger partial charge in [0.25, 0.3) is 11.8 Å². The van der Waals surface area contributed by atoms with E-state index in [0.29, 0.717) is 0 Å². The van der Waals surface area contributed by atoms with Gasteiger partial charge >= 0.3 is 7.82 Å². The first-order valence-electron chi connectivity index (χ1n) is 3.47. The maximum atomic E-state index is 10.6. The summed E-state index contributed by atoms with van der Waals surface area (Å²) in [6.07, 6.45) is 1.00. The summed E-state index contributed by atoms with van der Waals surface area (Å²) in [5.74, 6) is -1.50. The van der Waals surface area contributed by atoms with Crippen LogP contribution in [0.1, 0.15) is 6.92 Å². The number of amides is 2. The zero-order valence-corrected chi connectivity index (χ0v) is 8.39. The zero-order valence-electron chi connectivity index (χ0n) is 7.50. The maximum Gasteiger partial charge on any atom is 0.466 e. The number of carbonyl (C=O) groups is 3. The van der Waals surface area contributed by atoms with Crippen LogP contribution in [0, 0.1) is 0 Å². The van der Waals surface area contributed by atoms with Crippen molar-refractivity contribution in [2.75, 3.05) is 0 Å². The highest BCUT2D eigenvalue weighted by atomic mass is 31.2. The Hall–Kier alpha value is -1.34. The van der Waals surface area contributed by atoms with Gasteiger partial charge in [0.1, 0.15) is 0 Å². The number of carbonyl (C=O) groups excluding carboxylic acids is 3. The van der Waals surface area contributed by atoms with Crippen molar-refractivity contribution in [3.8, 4) is 0 Å². The summed E-state index contributed by atoms with van der Waals surface area (Å²) in [5.41, 5.74) is -0.0648. The molecule has 0 aromatic heterocycles. The molecule has 0 saturated heterocycles. The van der Waals surface area contributed by atoms with Gasteiger partial charge in [0.2, 0.25) is 0 Å². The predicted molar refractivity (Wildman–Crippen MR) is 46.2 cm³/mol. The van der Waals surface area contributed by atoms with Crippen LogP contribution >= 0.6 is 7.82 Å². The molecule has 1 aliphatic rings. The maximum absolute atomic E-state index is 10.6. The second kappa shape index (κ2) is 4.94. The molecule has 0 aromatic rings. The van der Waals surface area contributed by atoms with Gasteiger partial charge in [-0.3, -0.25) is 19.7 Å². The standard InChI is InChI=1S/C6H5NO3.H3O4P/c1-3(8)4-2-5(9)7-6(4)10;1-5(2,3)4/h2H,1H3,(H,7,9,10);(H3,1,2,3,4). The van der Waals surface area contributed by atoms with E-state index in [4.69, 9.17) is 19.2 Å². The monoisotopic (exact) mass is 237 g/mol. The van der Waals surface area contributed by atoms with Crippen molar-refractivity contribution in [2.45, 2.75) is 6.92 Å². The summed E-state index contributed by atoms with van der Waals surface area (Å²) in [7, 11) is -4.64. The summed E-state index contributed by atoms with van der Waals surface area (Å²) < 4.78 is 8.88. The van der Waals surface area contributed by atoms with Crippen molar-refractivity contribution >= 4 is 25.4 Å². The molecule has 4 N–H and O–H groups in total. The fraction of sp³-hybridized carbons (Fsp3) is 0.167. The van der Waals surface area contributed by atoms with E-state index < -0.39 is 19.6 Å². The van der Waals surface area contributed by atoms with E-state index in [0.717, 1.165) is 6.08 Å². The van der Waals surface area contributed by atoms with Crippen LogP contribution in [0.3, 0.4) is 0 Å². The molecule has 1 rings (SSSR count). The molecule has 0 spiro atoms. The lowest BCUT2D eigenvalue weighted by molar-refractivity contribution is -0.124. The van der Waals surface area contributed by atoms with E-state index in [1.165, 1.54) is 6.92 Å². The number of Topliss-reactive ketones (excluding diaryl/α,β-unsaturated/α-hetero) is 1. The number of hydrogen-bond acceptors (Lipinski definition) is 4. The Morgan fingerprint density at radius 1 is 1.33 bits per heavy atom. The minimum absolute atomic E-state index is 0.0648. The minimum Gasteiger partial charge on any atom is -0.303 e. The molecule has 1 aliphatic heterocycles. The van der Waals surface area contributed by atoms with Gasteiger partial charge in [-0.2, -0.15) is 0 Å². The molecule has 2 amide bonds. The second-order valence-corrected chi connectivity index (χ2v) is 3.47. The molecule has 15 heavy (non-hydrogen) atoms. The smallest absolute Gasteiger partial charge is 0.303 e. The predicted octanol–water partition coefficient (Wildman–Crippen LogP) is -1.77. The summed E-state index contributed by atoms with van der Waals surface area (Å²) in [5, 5.41) is 1.96. The third-order valence-electron chi connectivity index (χ3n) is 1.14. The Kier molecular flexibility index (Phi) is 4.50. The van der Waals surface area contributed by atoms with Gasteiger partial charge < -0.3 is 14.7 Å². The Balaban J connectivity index is 0.000000336. The van der Waals surface area contributed by atoms with E-state index in [1.54, 1.807) is 0 Å². The molecule has 0 aliphatic carbocycles. The lowest BCUT2D eigenvalue weighted by Crippen LogP contribution is -2.23. The molecular weight excluding hydrogens is 229 g/mol. The lowest BCUT2D eigenvalue weighted by Gasteiger charge is -1.89. The molecular formula is C6H8NO7P. The largest absolute Gasteiger partial charge is 0.466 e. The van der Waals surface area contributed by atoms with Gasteiger partial charge in [-0.15, -0.1) is 0 Å². The summed E-state index contributed by atoms with van der Waals surface area (Å²) in [4.78, 5) is 53.1. The van der Waals surface area contributed by atoms with Crippen LogP contribution < -0.4 is 5.32 Å². The van der Waals surface area contributed by atoms with Gasteiger partial charge in [-0.25, -0.2) is 4.57 Å². The quantitative estimate of drug-likeness (QED) is 0.240. The van der Waals surface area contributed by atoms with E-state index in [-0.39, 0.29) is 11.4 Å². The summed E-state index contributed by atoms with van der Waals surface area (Å²) in [6.45, 7) is 1.24. The van der Waals surface area contributed by atoms with Crippen LogP contribution in [0.15, 0.2) is 11.6 Å². The lowest BCUT2D eigenvalue weighted by atomic mass is 10.2. The molecule has 84 valence electrons. The van der Waals surface area contributed by atoms with Crippen LogP contribution in [-0.4, -0.2) is 32.3 Å². The van der Waals surface area contributed by atoms with Gasteiger partial charge in [0, 0.05) is 6.08 Å². The fourth-order valence-electron chi connectivity index (χ4n) is 0.673. The minimum atomic E-state index is -4.64. The van der Waals surface area contributed by atoms with Crippen molar-refractivity contribution < 1.29 is 33.6 Å². The Bertz CT molecular complexity index is 371. The van der Waals surface area contributed by atoms with Crippen LogP contribution in [0.2, 0.25) is 0 Å². The molecule has 9 heteroatoms.